The zero-order valence-electron chi connectivity index (χ0n) is 15.5. The number of amides is 1. The van der Waals surface area contributed by atoms with E-state index in [4.69, 9.17) is 4.84 Å². The summed E-state index contributed by atoms with van der Waals surface area (Å²) in [5.74, 6) is 0.391. The van der Waals surface area contributed by atoms with Crippen molar-refractivity contribution in [2.24, 2.45) is 18.4 Å². The Morgan fingerprint density at radius 3 is 2.92 bits per heavy atom. The van der Waals surface area contributed by atoms with E-state index in [0.29, 0.717) is 6.61 Å². The number of aromatic nitrogens is 2. The zero-order chi connectivity index (χ0) is 17.4. The maximum Gasteiger partial charge on any atom is 0.249 e. The molecule has 25 heavy (non-hydrogen) atoms. The number of carbonyl (C=O) groups is 1. The van der Waals surface area contributed by atoms with Crippen LogP contribution in [-0.2, 0) is 23.2 Å². The van der Waals surface area contributed by atoms with Gasteiger partial charge in [0.15, 0.2) is 0 Å². The summed E-state index contributed by atoms with van der Waals surface area (Å²) in [6.07, 6.45) is 8.77. The molecule has 1 aromatic rings. The molecular formula is C19H30N4O2. The third-order valence-corrected chi connectivity index (χ3v) is 6.43. The Morgan fingerprint density at radius 2 is 2.20 bits per heavy atom. The van der Waals surface area contributed by atoms with E-state index in [1.165, 1.54) is 18.4 Å². The Kier molecular flexibility index (Phi) is 4.58. The van der Waals surface area contributed by atoms with E-state index in [9.17, 15) is 4.79 Å². The number of likely N-dealkylation sites (tertiary alicyclic amines) is 1. The Balaban J connectivity index is 1.44. The van der Waals surface area contributed by atoms with Gasteiger partial charge >= 0.3 is 0 Å². The van der Waals surface area contributed by atoms with Crippen LogP contribution in [-0.4, -0.2) is 51.9 Å². The summed E-state index contributed by atoms with van der Waals surface area (Å²) in [6, 6.07) is 0. The fourth-order valence-electron chi connectivity index (χ4n) is 5.12. The van der Waals surface area contributed by atoms with E-state index in [1.54, 1.807) is 5.06 Å². The van der Waals surface area contributed by atoms with E-state index in [2.05, 4.69) is 23.1 Å². The number of carbonyl (C=O) groups excluding carboxylic acids is 1. The van der Waals surface area contributed by atoms with Crippen molar-refractivity contribution in [3.05, 3.63) is 17.5 Å². The molecule has 4 rings (SSSR count). The van der Waals surface area contributed by atoms with Crippen molar-refractivity contribution < 1.29 is 9.63 Å². The SMILES string of the molecule is Cc1nn(C)cc1CN1CC[C@]2(CCC[C@H]2C(=O)N2CCCCO2)C1. The third kappa shape index (κ3) is 3.22. The molecule has 1 amide bonds. The van der Waals surface area contributed by atoms with Crippen LogP contribution in [0.3, 0.4) is 0 Å². The molecule has 0 aromatic carbocycles. The monoisotopic (exact) mass is 346 g/mol. The Bertz CT molecular complexity index is 637. The van der Waals surface area contributed by atoms with Gasteiger partial charge in [-0.1, -0.05) is 6.42 Å². The van der Waals surface area contributed by atoms with Gasteiger partial charge in [0, 0.05) is 44.4 Å². The Morgan fingerprint density at radius 1 is 1.32 bits per heavy atom. The van der Waals surface area contributed by atoms with Crippen molar-refractivity contribution in [1.82, 2.24) is 19.7 Å². The van der Waals surface area contributed by atoms with Gasteiger partial charge in [-0.05, 0) is 51.0 Å². The Labute approximate surface area is 150 Å². The third-order valence-electron chi connectivity index (χ3n) is 6.43. The van der Waals surface area contributed by atoms with Gasteiger partial charge in [-0.15, -0.1) is 0 Å². The molecule has 0 bridgehead atoms. The van der Waals surface area contributed by atoms with Crippen LogP contribution in [0.2, 0.25) is 0 Å². The first kappa shape index (κ1) is 17.0. The van der Waals surface area contributed by atoms with Gasteiger partial charge in [0.1, 0.15) is 0 Å². The van der Waals surface area contributed by atoms with Crippen molar-refractivity contribution in [1.29, 1.82) is 0 Å². The first-order valence-electron chi connectivity index (χ1n) is 9.73. The number of nitrogens with zero attached hydrogens (tertiary/aromatic N) is 4. The molecule has 6 heteroatoms. The quantitative estimate of drug-likeness (QED) is 0.842. The summed E-state index contributed by atoms with van der Waals surface area (Å²) in [4.78, 5) is 21.2. The molecule has 2 saturated heterocycles. The van der Waals surface area contributed by atoms with Crippen LogP contribution in [0.5, 0.6) is 0 Å². The molecule has 1 saturated carbocycles. The van der Waals surface area contributed by atoms with E-state index in [0.717, 1.165) is 57.6 Å². The van der Waals surface area contributed by atoms with E-state index in [-0.39, 0.29) is 17.2 Å². The Hall–Kier alpha value is -1.40. The molecule has 2 aliphatic heterocycles. The fourth-order valence-corrected chi connectivity index (χ4v) is 5.12. The first-order chi connectivity index (χ1) is 12.1. The summed E-state index contributed by atoms with van der Waals surface area (Å²) in [5, 5.41) is 6.13. The molecule has 0 N–H and O–H groups in total. The second-order valence-electron chi connectivity index (χ2n) is 8.16. The largest absolute Gasteiger partial charge is 0.298 e. The van der Waals surface area contributed by atoms with Gasteiger partial charge in [-0.25, -0.2) is 5.06 Å². The number of aryl methyl sites for hydroxylation is 2. The van der Waals surface area contributed by atoms with Crippen LogP contribution in [0.4, 0.5) is 0 Å². The molecule has 3 fully saturated rings. The van der Waals surface area contributed by atoms with Crippen LogP contribution in [0.15, 0.2) is 6.20 Å². The van der Waals surface area contributed by atoms with Crippen LogP contribution < -0.4 is 0 Å². The molecule has 0 radical (unpaired) electrons. The lowest BCUT2D eigenvalue weighted by molar-refractivity contribution is -0.204. The van der Waals surface area contributed by atoms with Crippen LogP contribution in [0.25, 0.3) is 0 Å². The van der Waals surface area contributed by atoms with E-state index in [1.807, 2.05) is 11.7 Å². The number of hydroxylamine groups is 2. The van der Waals surface area contributed by atoms with Crippen molar-refractivity contribution >= 4 is 5.91 Å². The van der Waals surface area contributed by atoms with Gasteiger partial charge < -0.3 is 0 Å². The molecule has 138 valence electrons. The van der Waals surface area contributed by atoms with Crippen LogP contribution in [0.1, 0.15) is 49.8 Å². The summed E-state index contributed by atoms with van der Waals surface area (Å²) in [7, 11) is 1.98. The minimum absolute atomic E-state index is 0.144. The average Bonchev–Trinajstić information content (AvgIpc) is 3.29. The molecule has 1 aliphatic carbocycles. The minimum Gasteiger partial charge on any atom is -0.298 e. The molecular weight excluding hydrogens is 316 g/mol. The predicted octanol–water partition coefficient (Wildman–Crippen LogP) is 2.27. The molecule has 0 unspecified atom stereocenters. The van der Waals surface area contributed by atoms with Crippen molar-refractivity contribution in [2.75, 3.05) is 26.2 Å². The first-order valence-corrected chi connectivity index (χ1v) is 9.73. The highest BCUT2D eigenvalue weighted by atomic mass is 16.7. The van der Waals surface area contributed by atoms with Crippen molar-refractivity contribution in [3.63, 3.8) is 0 Å². The molecule has 3 heterocycles. The topological polar surface area (TPSA) is 50.6 Å². The number of hydrogen-bond acceptors (Lipinski definition) is 4. The molecule has 2 atom stereocenters. The van der Waals surface area contributed by atoms with Gasteiger partial charge in [0.2, 0.25) is 5.91 Å². The highest BCUT2D eigenvalue weighted by Gasteiger charge is 2.51. The molecule has 1 aromatic heterocycles. The zero-order valence-corrected chi connectivity index (χ0v) is 15.5. The van der Waals surface area contributed by atoms with Gasteiger partial charge in [-0.2, -0.15) is 5.10 Å². The smallest absolute Gasteiger partial charge is 0.249 e. The second kappa shape index (κ2) is 6.72. The van der Waals surface area contributed by atoms with Crippen molar-refractivity contribution in [3.8, 4) is 0 Å². The lowest BCUT2D eigenvalue weighted by atomic mass is 9.76. The summed E-state index contributed by atoms with van der Waals surface area (Å²) >= 11 is 0. The highest BCUT2D eigenvalue weighted by Crippen LogP contribution is 2.50. The fraction of sp³-hybridized carbons (Fsp3) is 0.789. The standard InChI is InChI=1S/C19H30N4O2/c1-15-16(12-21(2)20-15)13-22-10-8-19(14-22)7-5-6-17(19)18(24)23-9-3-4-11-25-23/h12,17H,3-11,13-14H2,1-2H3/t17-,19+/m0/s1. The van der Waals surface area contributed by atoms with Crippen LogP contribution in [0, 0.1) is 18.3 Å². The predicted molar refractivity (Wildman–Crippen MR) is 94.5 cm³/mol. The van der Waals surface area contributed by atoms with E-state index >= 15 is 0 Å². The maximum absolute atomic E-state index is 13.1. The second-order valence-corrected chi connectivity index (χ2v) is 8.16. The highest BCUT2D eigenvalue weighted by molar-refractivity contribution is 5.79. The lowest BCUT2D eigenvalue weighted by Gasteiger charge is -2.35. The minimum atomic E-state index is 0.144. The average molecular weight is 346 g/mol. The normalized spacial score (nSPS) is 30.5. The summed E-state index contributed by atoms with van der Waals surface area (Å²) in [6.45, 7) is 6.60. The van der Waals surface area contributed by atoms with Crippen molar-refractivity contribution in [2.45, 2.75) is 52.0 Å². The van der Waals surface area contributed by atoms with Gasteiger partial charge in [0.05, 0.1) is 12.3 Å². The lowest BCUT2D eigenvalue weighted by Crippen LogP contribution is -2.45. The summed E-state index contributed by atoms with van der Waals surface area (Å²) < 4.78 is 1.89. The summed E-state index contributed by atoms with van der Waals surface area (Å²) in [5.41, 5.74) is 2.58. The van der Waals surface area contributed by atoms with Gasteiger partial charge in [0.25, 0.3) is 0 Å². The molecule has 6 nitrogen and oxygen atoms in total. The number of hydrogen-bond donors (Lipinski definition) is 0. The van der Waals surface area contributed by atoms with Crippen LogP contribution >= 0.6 is 0 Å². The van der Waals surface area contributed by atoms with Gasteiger partial charge in [-0.3, -0.25) is 19.2 Å². The maximum atomic E-state index is 13.1. The van der Waals surface area contributed by atoms with E-state index < -0.39 is 0 Å². The number of rotatable bonds is 3. The molecule has 3 aliphatic rings. The molecule has 1 spiro atoms.